The summed E-state index contributed by atoms with van der Waals surface area (Å²) < 4.78 is 52.3. The highest BCUT2D eigenvalue weighted by Crippen LogP contribution is 2.27. The third-order valence-corrected chi connectivity index (χ3v) is 5.87. The molecule has 1 fully saturated rings. The van der Waals surface area contributed by atoms with Crippen LogP contribution in [0, 0.1) is 17.7 Å². The van der Waals surface area contributed by atoms with Gasteiger partial charge in [-0.2, -0.15) is 13.2 Å². The van der Waals surface area contributed by atoms with Gasteiger partial charge >= 0.3 is 6.18 Å². The van der Waals surface area contributed by atoms with Crippen molar-refractivity contribution in [2.75, 3.05) is 6.54 Å². The molecule has 1 saturated heterocycles. The largest absolute Gasteiger partial charge is 0.416 e. The van der Waals surface area contributed by atoms with Crippen molar-refractivity contribution in [3.8, 4) is 0 Å². The quantitative estimate of drug-likeness (QED) is 0.489. The van der Waals surface area contributed by atoms with Crippen LogP contribution in [0.5, 0.6) is 0 Å². The molecule has 1 aliphatic heterocycles. The summed E-state index contributed by atoms with van der Waals surface area (Å²) in [6.07, 6.45) is -6.98. The van der Waals surface area contributed by atoms with Crippen molar-refractivity contribution in [1.29, 1.82) is 0 Å². The molecule has 34 heavy (non-hydrogen) atoms. The summed E-state index contributed by atoms with van der Waals surface area (Å²) in [6, 6.07) is 1.16. The van der Waals surface area contributed by atoms with Crippen molar-refractivity contribution in [2.45, 2.75) is 70.9 Å². The smallest absolute Gasteiger partial charge is 0.382 e. The van der Waals surface area contributed by atoms with E-state index in [2.05, 4.69) is 10.6 Å². The van der Waals surface area contributed by atoms with Crippen LogP contribution in [-0.4, -0.2) is 64.7 Å². The van der Waals surface area contributed by atoms with E-state index < -0.39 is 59.9 Å². The third kappa shape index (κ3) is 6.68. The molecule has 190 valence electrons. The number of aliphatic hydroxyl groups is 1. The van der Waals surface area contributed by atoms with Gasteiger partial charge in [0.2, 0.25) is 11.8 Å². The number of carbonyl (C=O) groups is 3. The molecule has 0 spiro atoms. The maximum atomic E-state index is 13.3. The molecule has 0 aromatic heterocycles. The zero-order chi connectivity index (χ0) is 25.8. The Morgan fingerprint density at radius 3 is 2.12 bits per heavy atom. The lowest BCUT2D eigenvalue weighted by Crippen LogP contribution is -2.59. The number of rotatable bonds is 8. The number of amides is 3. The van der Waals surface area contributed by atoms with Crippen LogP contribution in [0.3, 0.4) is 0 Å². The lowest BCUT2D eigenvalue weighted by Gasteiger charge is -2.33. The van der Waals surface area contributed by atoms with E-state index in [4.69, 9.17) is 0 Å². The molecule has 3 N–H and O–H groups in total. The summed E-state index contributed by atoms with van der Waals surface area (Å²) in [6.45, 7) is 6.48. The number of likely N-dealkylation sites (tertiary alicyclic amines) is 1. The normalized spacial score (nSPS) is 19.1. The van der Waals surface area contributed by atoms with Gasteiger partial charge in [-0.15, -0.1) is 0 Å². The number of nitrogens with one attached hydrogen (secondary N) is 2. The standard InChI is InChI=1S/C23H31F4N3O4/c1-12(2)17(19(31)23(25,26)27)28-21(33)16-6-5-11-30(16)22(34)18(13(3)4)29-20(32)14-7-9-15(24)10-8-14/h7-10,12-13,16-19,31H,5-6,11H2,1-4H3,(H,28,33)(H,29,32)/t16-,17?,18-,19?/m0/s1. The van der Waals surface area contributed by atoms with E-state index in [9.17, 15) is 37.1 Å². The van der Waals surface area contributed by atoms with Gasteiger partial charge in [-0.05, 0) is 48.9 Å². The fraction of sp³-hybridized carbons (Fsp3) is 0.609. The molecule has 7 nitrogen and oxygen atoms in total. The van der Waals surface area contributed by atoms with E-state index in [0.29, 0.717) is 6.42 Å². The molecular formula is C23H31F4N3O4. The fourth-order valence-electron chi connectivity index (χ4n) is 3.90. The fourth-order valence-corrected chi connectivity index (χ4v) is 3.90. The molecule has 11 heteroatoms. The molecule has 1 aromatic carbocycles. The summed E-state index contributed by atoms with van der Waals surface area (Å²) in [5.41, 5.74) is 0.150. The second kappa shape index (κ2) is 11.2. The van der Waals surface area contributed by atoms with E-state index in [1.807, 2.05) is 0 Å². The minimum absolute atomic E-state index is 0.150. The molecule has 1 heterocycles. The number of benzene rings is 1. The molecule has 1 aliphatic rings. The predicted octanol–water partition coefficient (Wildman–Crippen LogP) is 2.64. The van der Waals surface area contributed by atoms with E-state index >= 15 is 0 Å². The Bertz CT molecular complexity index is 874. The highest BCUT2D eigenvalue weighted by Gasteiger charge is 2.46. The molecule has 1 aromatic rings. The maximum Gasteiger partial charge on any atom is 0.416 e. The molecule has 0 bridgehead atoms. The SMILES string of the molecule is CC(C)C(NC(=O)[C@@H]1CCCN1C(=O)[C@@H](NC(=O)c1ccc(F)cc1)C(C)C)C(O)C(F)(F)F. The van der Waals surface area contributed by atoms with Crippen LogP contribution in [0.1, 0.15) is 50.9 Å². The Balaban J connectivity index is 2.16. The van der Waals surface area contributed by atoms with Gasteiger partial charge < -0.3 is 20.6 Å². The van der Waals surface area contributed by atoms with Gasteiger partial charge in [0.1, 0.15) is 17.9 Å². The first-order valence-electron chi connectivity index (χ1n) is 11.2. The number of hydrogen-bond acceptors (Lipinski definition) is 4. The summed E-state index contributed by atoms with van der Waals surface area (Å²) in [5.74, 6) is -3.53. The van der Waals surface area contributed by atoms with Gasteiger partial charge in [0.15, 0.2) is 6.10 Å². The van der Waals surface area contributed by atoms with Crippen LogP contribution in [0.4, 0.5) is 17.6 Å². The first-order valence-corrected chi connectivity index (χ1v) is 11.2. The maximum absolute atomic E-state index is 13.3. The molecule has 3 amide bonds. The molecule has 4 atom stereocenters. The Labute approximate surface area is 195 Å². The Kier molecular flexibility index (Phi) is 9.04. The minimum Gasteiger partial charge on any atom is -0.382 e. The molecule has 0 saturated carbocycles. The number of hydrogen-bond donors (Lipinski definition) is 3. The van der Waals surface area contributed by atoms with Crippen LogP contribution in [-0.2, 0) is 9.59 Å². The molecule has 2 rings (SSSR count). The van der Waals surface area contributed by atoms with Crippen molar-refractivity contribution < 1.29 is 37.1 Å². The summed E-state index contributed by atoms with van der Waals surface area (Å²) in [5, 5.41) is 14.6. The summed E-state index contributed by atoms with van der Waals surface area (Å²) in [7, 11) is 0. The molecule has 0 radical (unpaired) electrons. The van der Waals surface area contributed by atoms with E-state index in [0.717, 1.165) is 12.1 Å². The van der Waals surface area contributed by atoms with Gasteiger partial charge in [-0.25, -0.2) is 4.39 Å². The first-order chi connectivity index (χ1) is 15.7. The van der Waals surface area contributed by atoms with Crippen molar-refractivity contribution in [2.24, 2.45) is 11.8 Å². The van der Waals surface area contributed by atoms with Crippen LogP contribution in [0.15, 0.2) is 24.3 Å². The van der Waals surface area contributed by atoms with E-state index in [1.54, 1.807) is 13.8 Å². The molecular weight excluding hydrogens is 458 g/mol. The second-order valence-corrected chi connectivity index (χ2v) is 9.16. The van der Waals surface area contributed by atoms with Crippen molar-refractivity contribution >= 4 is 17.7 Å². The lowest BCUT2D eigenvalue weighted by molar-refractivity contribution is -0.215. The zero-order valence-electron chi connectivity index (χ0n) is 19.5. The number of halogens is 4. The van der Waals surface area contributed by atoms with E-state index in [-0.39, 0.29) is 24.4 Å². The topological polar surface area (TPSA) is 98.7 Å². The Hall–Kier alpha value is -2.69. The average molecular weight is 490 g/mol. The number of carbonyl (C=O) groups excluding carboxylic acids is 3. The van der Waals surface area contributed by atoms with Crippen molar-refractivity contribution in [3.63, 3.8) is 0 Å². The average Bonchev–Trinajstić information content (AvgIpc) is 3.24. The number of alkyl halides is 3. The van der Waals surface area contributed by atoms with E-state index in [1.165, 1.54) is 30.9 Å². The third-order valence-electron chi connectivity index (χ3n) is 5.87. The number of nitrogens with zero attached hydrogens (tertiary/aromatic N) is 1. The van der Waals surface area contributed by atoms with Gasteiger partial charge in [-0.1, -0.05) is 27.7 Å². The monoisotopic (exact) mass is 489 g/mol. The summed E-state index contributed by atoms with van der Waals surface area (Å²) in [4.78, 5) is 40.0. The van der Waals surface area contributed by atoms with Crippen molar-refractivity contribution in [3.05, 3.63) is 35.6 Å². The van der Waals surface area contributed by atoms with Crippen LogP contribution in [0.25, 0.3) is 0 Å². The molecule has 0 aliphatic carbocycles. The van der Waals surface area contributed by atoms with Crippen LogP contribution < -0.4 is 10.6 Å². The molecule has 2 unspecified atom stereocenters. The van der Waals surface area contributed by atoms with Gasteiger partial charge in [-0.3, -0.25) is 14.4 Å². The summed E-state index contributed by atoms with van der Waals surface area (Å²) >= 11 is 0. The van der Waals surface area contributed by atoms with Gasteiger partial charge in [0, 0.05) is 12.1 Å². The zero-order valence-corrected chi connectivity index (χ0v) is 19.5. The second-order valence-electron chi connectivity index (χ2n) is 9.16. The van der Waals surface area contributed by atoms with Gasteiger partial charge in [0.25, 0.3) is 5.91 Å². The Morgan fingerprint density at radius 1 is 1.03 bits per heavy atom. The predicted molar refractivity (Wildman–Crippen MR) is 116 cm³/mol. The highest BCUT2D eigenvalue weighted by molar-refractivity contribution is 5.98. The Morgan fingerprint density at radius 2 is 1.62 bits per heavy atom. The number of aliphatic hydroxyl groups excluding tert-OH is 1. The van der Waals surface area contributed by atoms with Crippen LogP contribution in [0.2, 0.25) is 0 Å². The first kappa shape index (κ1) is 27.6. The van der Waals surface area contributed by atoms with Crippen LogP contribution >= 0.6 is 0 Å². The van der Waals surface area contributed by atoms with Gasteiger partial charge in [0.05, 0.1) is 6.04 Å². The lowest BCUT2D eigenvalue weighted by atomic mass is 9.97. The minimum atomic E-state index is -4.92. The van der Waals surface area contributed by atoms with Crippen molar-refractivity contribution in [1.82, 2.24) is 15.5 Å². The highest BCUT2D eigenvalue weighted by atomic mass is 19.4.